The van der Waals surface area contributed by atoms with Crippen molar-refractivity contribution >= 4 is 19.7 Å². The second kappa shape index (κ2) is 6.43. The van der Waals surface area contributed by atoms with E-state index in [0.717, 1.165) is 30.4 Å². The van der Waals surface area contributed by atoms with Gasteiger partial charge in [0.05, 0.1) is 6.61 Å². The summed E-state index contributed by atoms with van der Waals surface area (Å²) in [6.07, 6.45) is 3.07. The molecule has 0 radical (unpaired) electrons. The Bertz CT molecular complexity index is 509. The van der Waals surface area contributed by atoms with Crippen LogP contribution in [0.15, 0.2) is 17.0 Å². The van der Waals surface area contributed by atoms with Crippen LogP contribution in [0.1, 0.15) is 37.3 Å². The van der Waals surface area contributed by atoms with Crippen molar-refractivity contribution in [2.45, 2.75) is 44.9 Å². The molecule has 0 aliphatic rings. The van der Waals surface area contributed by atoms with E-state index in [0.29, 0.717) is 12.4 Å². The van der Waals surface area contributed by atoms with Crippen molar-refractivity contribution in [1.82, 2.24) is 0 Å². The molecule has 0 saturated heterocycles. The quantitative estimate of drug-likeness (QED) is 0.591. The van der Waals surface area contributed by atoms with Gasteiger partial charge in [0, 0.05) is 10.7 Å². The fraction of sp³-hybridized carbons (Fsp3) is 0.538. The van der Waals surface area contributed by atoms with Crippen molar-refractivity contribution in [2.24, 2.45) is 0 Å². The first-order valence-electron chi connectivity index (χ1n) is 6.05. The summed E-state index contributed by atoms with van der Waals surface area (Å²) in [5.74, 6) is 0.381. The Morgan fingerprint density at radius 1 is 1.22 bits per heavy atom. The predicted molar refractivity (Wildman–Crippen MR) is 74.0 cm³/mol. The zero-order valence-corrected chi connectivity index (χ0v) is 12.6. The molecular weight excluding hydrogens is 272 g/mol. The molecule has 0 N–H and O–H groups in total. The molecule has 0 fully saturated rings. The lowest BCUT2D eigenvalue weighted by atomic mass is 10.1. The van der Waals surface area contributed by atoms with Crippen LogP contribution in [-0.2, 0) is 9.05 Å². The first-order valence-corrected chi connectivity index (χ1v) is 8.36. The molecule has 1 aromatic carbocycles. The summed E-state index contributed by atoms with van der Waals surface area (Å²) >= 11 is 0. The maximum atomic E-state index is 11.5. The maximum absolute atomic E-state index is 11.5. The Kier molecular flexibility index (Phi) is 5.47. The highest BCUT2D eigenvalue weighted by atomic mass is 35.7. The van der Waals surface area contributed by atoms with Crippen LogP contribution in [0, 0.1) is 13.8 Å². The molecule has 0 aliphatic carbocycles. The molecule has 5 heteroatoms. The maximum Gasteiger partial charge on any atom is 0.265 e. The van der Waals surface area contributed by atoms with Gasteiger partial charge in [0.15, 0.2) is 0 Å². The van der Waals surface area contributed by atoms with E-state index in [2.05, 4.69) is 6.92 Å². The molecule has 0 aliphatic heterocycles. The summed E-state index contributed by atoms with van der Waals surface area (Å²) in [4.78, 5) is 0.0677. The van der Waals surface area contributed by atoms with Crippen LogP contribution in [0.3, 0.4) is 0 Å². The molecule has 102 valence electrons. The molecule has 0 bridgehead atoms. The molecular formula is C13H19ClO3S. The third kappa shape index (κ3) is 4.18. The van der Waals surface area contributed by atoms with Gasteiger partial charge in [0.2, 0.25) is 0 Å². The number of rotatable bonds is 6. The summed E-state index contributed by atoms with van der Waals surface area (Å²) in [6, 6.07) is 3.44. The highest BCUT2D eigenvalue weighted by Gasteiger charge is 2.19. The summed E-state index contributed by atoms with van der Waals surface area (Å²) in [5.41, 5.74) is 1.65. The summed E-state index contributed by atoms with van der Waals surface area (Å²) in [6.45, 7) is 6.27. The van der Waals surface area contributed by atoms with Crippen molar-refractivity contribution < 1.29 is 13.2 Å². The van der Waals surface area contributed by atoms with E-state index in [1.807, 2.05) is 19.9 Å². The van der Waals surface area contributed by atoms with E-state index in [-0.39, 0.29) is 4.90 Å². The van der Waals surface area contributed by atoms with Crippen LogP contribution < -0.4 is 4.74 Å². The van der Waals surface area contributed by atoms with E-state index in [1.54, 1.807) is 6.07 Å². The lowest BCUT2D eigenvalue weighted by Crippen LogP contribution is -2.04. The number of ether oxygens (including phenoxy) is 1. The van der Waals surface area contributed by atoms with Crippen molar-refractivity contribution in [3.05, 3.63) is 23.3 Å². The second-order valence-corrected chi connectivity index (χ2v) is 6.94. The van der Waals surface area contributed by atoms with Crippen molar-refractivity contribution in [3.8, 4) is 5.75 Å². The summed E-state index contributed by atoms with van der Waals surface area (Å²) in [7, 11) is 1.67. The zero-order chi connectivity index (χ0) is 13.8. The monoisotopic (exact) mass is 290 g/mol. The predicted octanol–water partition coefficient (Wildman–Crippen LogP) is 3.80. The largest absolute Gasteiger partial charge is 0.492 e. The van der Waals surface area contributed by atoms with Gasteiger partial charge in [-0.1, -0.05) is 25.8 Å². The summed E-state index contributed by atoms with van der Waals surface area (Å²) in [5, 5.41) is 0. The number of hydrogen-bond acceptors (Lipinski definition) is 3. The van der Waals surface area contributed by atoms with E-state index in [1.165, 1.54) is 0 Å². The standard InChI is InChI=1S/C13H19ClO3S/c1-4-5-6-7-17-13-11(3)8-10(2)9-12(13)18(14,15)16/h8-9H,4-7H2,1-3H3. The van der Waals surface area contributed by atoms with Crippen molar-refractivity contribution in [1.29, 1.82) is 0 Å². The fourth-order valence-corrected chi connectivity index (χ4v) is 2.92. The molecule has 0 atom stereocenters. The van der Waals surface area contributed by atoms with Crippen LogP contribution in [0.25, 0.3) is 0 Å². The molecule has 0 aromatic heterocycles. The summed E-state index contributed by atoms with van der Waals surface area (Å²) < 4.78 is 28.7. The molecule has 18 heavy (non-hydrogen) atoms. The van der Waals surface area contributed by atoms with E-state index >= 15 is 0 Å². The van der Waals surface area contributed by atoms with Crippen LogP contribution in [-0.4, -0.2) is 15.0 Å². The van der Waals surface area contributed by atoms with Gasteiger partial charge in [-0.25, -0.2) is 8.42 Å². The van der Waals surface area contributed by atoms with E-state index in [4.69, 9.17) is 15.4 Å². The number of aryl methyl sites for hydroxylation is 2. The van der Waals surface area contributed by atoms with E-state index < -0.39 is 9.05 Å². The average Bonchev–Trinajstić information content (AvgIpc) is 2.24. The smallest absolute Gasteiger partial charge is 0.265 e. The minimum absolute atomic E-state index is 0.0677. The molecule has 0 saturated carbocycles. The van der Waals surface area contributed by atoms with Crippen LogP contribution >= 0.6 is 10.7 Å². The van der Waals surface area contributed by atoms with Gasteiger partial charge in [-0.2, -0.15) is 0 Å². The number of unbranched alkanes of at least 4 members (excludes halogenated alkanes) is 2. The molecule has 0 spiro atoms. The SMILES string of the molecule is CCCCCOc1c(C)cc(C)cc1S(=O)(=O)Cl. The molecule has 3 nitrogen and oxygen atoms in total. The lowest BCUT2D eigenvalue weighted by molar-refractivity contribution is 0.297. The van der Waals surface area contributed by atoms with Crippen LogP contribution in [0.5, 0.6) is 5.75 Å². The minimum atomic E-state index is -3.77. The van der Waals surface area contributed by atoms with Gasteiger partial charge < -0.3 is 4.74 Å². The number of benzene rings is 1. The van der Waals surface area contributed by atoms with Gasteiger partial charge >= 0.3 is 0 Å². The van der Waals surface area contributed by atoms with Crippen LogP contribution in [0.4, 0.5) is 0 Å². The fourth-order valence-electron chi connectivity index (χ4n) is 1.81. The lowest BCUT2D eigenvalue weighted by Gasteiger charge is -2.13. The normalized spacial score (nSPS) is 11.6. The van der Waals surface area contributed by atoms with Gasteiger partial charge in [0.1, 0.15) is 10.6 Å². The Balaban J connectivity index is 3.02. The van der Waals surface area contributed by atoms with Gasteiger partial charge in [-0.3, -0.25) is 0 Å². The number of hydrogen-bond donors (Lipinski definition) is 0. The van der Waals surface area contributed by atoms with Crippen molar-refractivity contribution in [3.63, 3.8) is 0 Å². The Hall–Kier alpha value is -0.740. The highest BCUT2D eigenvalue weighted by Crippen LogP contribution is 2.31. The zero-order valence-electron chi connectivity index (χ0n) is 11.0. The molecule has 0 heterocycles. The van der Waals surface area contributed by atoms with Crippen LogP contribution in [0.2, 0.25) is 0 Å². The second-order valence-electron chi connectivity index (χ2n) is 4.40. The van der Waals surface area contributed by atoms with Crippen molar-refractivity contribution in [2.75, 3.05) is 6.61 Å². The Morgan fingerprint density at radius 2 is 1.89 bits per heavy atom. The Morgan fingerprint density at radius 3 is 2.44 bits per heavy atom. The number of halogens is 1. The minimum Gasteiger partial charge on any atom is -0.492 e. The van der Waals surface area contributed by atoms with Gasteiger partial charge in [-0.15, -0.1) is 0 Å². The van der Waals surface area contributed by atoms with Gasteiger partial charge in [0.25, 0.3) is 9.05 Å². The van der Waals surface area contributed by atoms with E-state index in [9.17, 15) is 8.42 Å². The topological polar surface area (TPSA) is 43.4 Å². The first kappa shape index (κ1) is 15.3. The Labute approximate surface area is 114 Å². The molecule has 0 amide bonds. The average molecular weight is 291 g/mol. The molecule has 1 rings (SSSR count). The highest BCUT2D eigenvalue weighted by molar-refractivity contribution is 8.13. The first-order chi connectivity index (χ1) is 8.36. The molecule has 1 aromatic rings. The third-order valence-corrected chi connectivity index (χ3v) is 3.97. The third-order valence-electron chi connectivity index (χ3n) is 2.64. The molecule has 0 unspecified atom stereocenters. The van der Waals surface area contributed by atoms with Gasteiger partial charge in [-0.05, 0) is 37.5 Å².